The maximum Gasteiger partial charge on any atom is 0.205 e. The maximum absolute atomic E-state index is 5.24. The Hall–Kier alpha value is -0.680. The fraction of sp³-hybridized carbons (Fsp3) is 0.714. The lowest BCUT2D eigenvalue weighted by Crippen LogP contribution is -2.36. The van der Waals surface area contributed by atoms with E-state index in [0.717, 1.165) is 37.3 Å². The summed E-state index contributed by atoms with van der Waals surface area (Å²) in [5.41, 5.74) is 0. The summed E-state index contributed by atoms with van der Waals surface area (Å²) in [5, 5.41) is 1.02. The average Bonchev–Trinajstić information content (AvgIpc) is 2.54. The van der Waals surface area contributed by atoms with E-state index in [4.69, 9.17) is 4.74 Å². The molecule has 0 aromatic carbocycles. The van der Waals surface area contributed by atoms with Gasteiger partial charge in [-0.2, -0.15) is 4.37 Å². The lowest BCUT2D eigenvalue weighted by molar-refractivity contribution is 0.122. The first-order chi connectivity index (χ1) is 5.86. The number of aromatic nitrogens is 2. The summed E-state index contributed by atoms with van der Waals surface area (Å²) in [7, 11) is 0. The Morgan fingerprint density at radius 1 is 1.42 bits per heavy atom. The number of ether oxygens (including phenoxy) is 1. The highest BCUT2D eigenvalue weighted by molar-refractivity contribution is 7.09. The predicted octanol–water partition coefficient (Wildman–Crippen LogP) is 0.683. The van der Waals surface area contributed by atoms with Crippen LogP contribution in [0, 0.1) is 6.92 Å². The molecule has 0 amide bonds. The summed E-state index contributed by atoms with van der Waals surface area (Å²) in [6, 6.07) is 0. The Morgan fingerprint density at radius 3 is 2.75 bits per heavy atom. The average molecular weight is 185 g/mol. The topological polar surface area (TPSA) is 38.2 Å². The minimum atomic E-state index is 0.804. The van der Waals surface area contributed by atoms with Crippen LogP contribution in [0.3, 0.4) is 0 Å². The normalized spacial score (nSPS) is 18.2. The molecule has 0 unspecified atom stereocenters. The van der Waals surface area contributed by atoms with E-state index in [1.165, 1.54) is 11.5 Å². The van der Waals surface area contributed by atoms with Crippen LogP contribution in [0.1, 0.15) is 5.82 Å². The van der Waals surface area contributed by atoms with Gasteiger partial charge >= 0.3 is 0 Å². The van der Waals surface area contributed by atoms with Crippen molar-refractivity contribution in [2.24, 2.45) is 0 Å². The third-order valence-electron chi connectivity index (χ3n) is 1.80. The molecule has 66 valence electrons. The van der Waals surface area contributed by atoms with Crippen molar-refractivity contribution in [2.45, 2.75) is 6.92 Å². The summed E-state index contributed by atoms with van der Waals surface area (Å²) in [5.74, 6) is 0.862. The molecule has 0 atom stereocenters. The highest BCUT2D eigenvalue weighted by Crippen LogP contribution is 2.17. The summed E-state index contributed by atoms with van der Waals surface area (Å²) in [4.78, 5) is 6.53. The van der Waals surface area contributed by atoms with E-state index in [9.17, 15) is 0 Å². The van der Waals surface area contributed by atoms with Crippen molar-refractivity contribution >= 4 is 16.7 Å². The summed E-state index contributed by atoms with van der Waals surface area (Å²) >= 11 is 1.47. The van der Waals surface area contributed by atoms with E-state index in [0.29, 0.717) is 0 Å². The van der Waals surface area contributed by atoms with Gasteiger partial charge in [-0.1, -0.05) is 0 Å². The van der Waals surface area contributed by atoms with Crippen molar-refractivity contribution in [1.82, 2.24) is 9.36 Å². The van der Waals surface area contributed by atoms with Crippen LogP contribution in [0.4, 0.5) is 5.13 Å². The highest BCUT2D eigenvalue weighted by Gasteiger charge is 2.14. The van der Waals surface area contributed by atoms with Gasteiger partial charge in [0.1, 0.15) is 5.82 Å². The van der Waals surface area contributed by atoms with Crippen LogP contribution in [0.25, 0.3) is 0 Å². The van der Waals surface area contributed by atoms with Crippen molar-refractivity contribution in [3.05, 3.63) is 5.82 Å². The van der Waals surface area contributed by atoms with Gasteiger partial charge in [-0.3, -0.25) is 0 Å². The number of hydrogen-bond donors (Lipinski definition) is 0. The second-order valence-electron chi connectivity index (χ2n) is 2.72. The lowest BCUT2D eigenvalue weighted by atomic mass is 10.5. The van der Waals surface area contributed by atoms with Crippen LogP contribution >= 0.6 is 11.5 Å². The minimum Gasteiger partial charge on any atom is -0.378 e. The number of nitrogens with zero attached hydrogens (tertiary/aromatic N) is 3. The smallest absolute Gasteiger partial charge is 0.205 e. The van der Waals surface area contributed by atoms with Gasteiger partial charge in [-0.15, -0.1) is 0 Å². The molecule has 1 aromatic rings. The highest BCUT2D eigenvalue weighted by atomic mass is 32.1. The van der Waals surface area contributed by atoms with Gasteiger partial charge in [0.05, 0.1) is 13.2 Å². The standard InChI is InChI=1S/C7H11N3OS/c1-6-8-7(12-9-6)10-2-4-11-5-3-10/h2-5H2,1H3. The number of morpholine rings is 1. The summed E-state index contributed by atoms with van der Waals surface area (Å²) in [6.45, 7) is 5.40. The molecule has 0 aliphatic carbocycles. The summed E-state index contributed by atoms with van der Waals surface area (Å²) < 4.78 is 9.38. The Bertz CT molecular complexity index is 257. The first-order valence-corrected chi connectivity index (χ1v) is 4.76. The van der Waals surface area contributed by atoms with Gasteiger partial charge in [0, 0.05) is 24.6 Å². The largest absolute Gasteiger partial charge is 0.378 e. The molecule has 4 nitrogen and oxygen atoms in total. The maximum atomic E-state index is 5.24. The number of hydrogen-bond acceptors (Lipinski definition) is 5. The molecule has 1 aliphatic rings. The van der Waals surface area contributed by atoms with E-state index in [1.54, 1.807) is 0 Å². The molecule has 0 N–H and O–H groups in total. The van der Waals surface area contributed by atoms with Crippen LogP contribution in [0.2, 0.25) is 0 Å². The van der Waals surface area contributed by atoms with Gasteiger partial charge in [0.15, 0.2) is 0 Å². The van der Waals surface area contributed by atoms with Crippen molar-refractivity contribution < 1.29 is 4.74 Å². The van der Waals surface area contributed by atoms with E-state index >= 15 is 0 Å². The number of rotatable bonds is 1. The molecule has 2 rings (SSSR count). The van der Waals surface area contributed by atoms with Crippen LogP contribution in [0.15, 0.2) is 0 Å². The van der Waals surface area contributed by atoms with Crippen LogP contribution in [-0.4, -0.2) is 35.7 Å². The fourth-order valence-electron chi connectivity index (χ4n) is 1.17. The lowest BCUT2D eigenvalue weighted by Gasteiger charge is -2.25. The molecule has 0 bridgehead atoms. The SMILES string of the molecule is Cc1nsc(N2CCOCC2)n1. The second kappa shape index (κ2) is 3.37. The first-order valence-electron chi connectivity index (χ1n) is 3.99. The van der Waals surface area contributed by atoms with Gasteiger partial charge in [0.2, 0.25) is 5.13 Å². The van der Waals surface area contributed by atoms with E-state index < -0.39 is 0 Å². The molecule has 0 spiro atoms. The van der Waals surface area contributed by atoms with Crippen LogP contribution in [0.5, 0.6) is 0 Å². The molecule has 12 heavy (non-hydrogen) atoms. The van der Waals surface area contributed by atoms with E-state index in [2.05, 4.69) is 14.3 Å². The van der Waals surface area contributed by atoms with Crippen LogP contribution in [-0.2, 0) is 4.74 Å². The molecular formula is C7H11N3OS. The predicted molar refractivity (Wildman–Crippen MR) is 47.7 cm³/mol. The molecule has 2 heterocycles. The zero-order chi connectivity index (χ0) is 8.39. The van der Waals surface area contributed by atoms with Gasteiger partial charge < -0.3 is 9.64 Å². The van der Waals surface area contributed by atoms with Crippen molar-refractivity contribution in [3.8, 4) is 0 Å². The minimum absolute atomic E-state index is 0.804. The summed E-state index contributed by atoms with van der Waals surface area (Å²) in [6.07, 6.45) is 0. The quantitative estimate of drug-likeness (QED) is 0.645. The first kappa shape index (κ1) is 7.94. The number of aryl methyl sites for hydroxylation is 1. The van der Waals surface area contributed by atoms with E-state index in [-0.39, 0.29) is 0 Å². The Morgan fingerprint density at radius 2 is 2.17 bits per heavy atom. The van der Waals surface area contributed by atoms with Gasteiger partial charge in [-0.05, 0) is 6.92 Å². The molecule has 1 aromatic heterocycles. The van der Waals surface area contributed by atoms with Crippen molar-refractivity contribution in [3.63, 3.8) is 0 Å². The molecule has 0 radical (unpaired) electrons. The van der Waals surface area contributed by atoms with Crippen LogP contribution < -0.4 is 4.90 Å². The van der Waals surface area contributed by atoms with Crippen molar-refractivity contribution in [2.75, 3.05) is 31.2 Å². The fourth-order valence-corrected chi connectivity index (χ4v) is 1.89. The Kier molecular flexibility index (Phi) is 2.23. The molecular weight excluding hydrogens is 174 g/mol. The molecule has 1 fully saturated rings. The zero-order valence-electron chi connectivity index (χ0n) is 6.99. The monoisotopic (exact) mass is 185 g/mol. The number of anilines is 1. The van der Waals surface area contributed by atoms with Crippen molar-refractivity contribution in [1.29, 1.82) is 0 Å². The third kappa shape index (κ3) is 1.56. The van der Waals surface area contributed by atoms with Gasteiger partial charge in [-0.25, -0.2) is 4.98 Å². The Balaban J connectivity index is 2.08. The molecule has 0 saturated carbocycles. The third-order valence-corrected chi connectivity index (χ3v) is 2.67. The van der Waals surface area contributed by atoms with E-state index in [1.807, 2.05) is 6.92 Å². The molecule has 1 saturated heterocycles. The second-order valence-corrected chi connectivity index (χ2v) is 3.45. The zero-order valence-corrected chi connectivity index (χ0v) is 7.80. The molecule has 1 aliphatic heterocycles. The Labute approximate surface area is 75.3 Å². The van der Waals surface area contributed by atoms with Gasteiger partial charge in [0.25, 0.3) is 0 Å². The molecule has 5 heteroatoms.